The molecule has 0 saturated carbocycles. The first kappa shape index (κ1) is 16.8. The first-order valence-corrected chi connectivity index (χ1v) is 8.14. The average molecular weight is 340 g/mol. The Morgan fingerprint density at radius 3 is 2.76 bits per heavy atom. The highest BCUT2D eigenvalue weighted by molar-refractivity contribution is 5.96. The van der Waals surface area contributed by atoms with Crippen LogP contribution in [0.4, 0.5) is 16.4 Å². The summed E-state index contributed by atoms with van der Waals surface area (Å²) in [5, 5.41) is 2.70. The molecule has 1 fully saturated rings. The summed E-state index contributed by atoms with van der Waals surface area (Å²) < 4.78 is 5.33. The second kappa shape index (κ2) is 7.65. The molecule has 2 amide bonds. The smallest absolute Gasteiger partial charge is 0.410 e. The van der Waals surface area contributed by atoms with Crippen LogP contribution in [0.15, 0.2) is 48.5 Å². The Morgan fingerprint density at radius 2 is 2.00 bits per heavy atom. The summed E-state index contributed by atoms with van der Waals surface area (Å²) in [5.74, 6) is 0.408. The van der Waals surface area contributed by atoms with Crippen LogP contribution in [-0.4, -0.2) is 34.5 Å². The molecular weight excluding hydrogens is 320 g/mol. The molecule has 0 aliphatic carbocycles. The van der Waals surface area contributed by atoms with E-state index in [4.69, 9.17) is 10.5 Å². The zero-order valence-electron chi connectivity index (χ0n) is 13.7. The highest BCUT2D eigenvalue weighted by atomic mass is 16.6. The molecule has 1 aliphatic heterocycles. The van der Waals surface area contributed by atoms with Crippen LogP contribution in [0.1, 0.15) is 18.4 Å². The molecule has 1 saturated heterocycles. The number of carbonyl (C=O) groups excluding carboxylic acids is 2. The van der Waals surface area contributed by atoms with E-state index in [9.17, 15) is 9.59 Å². The number of carbonyl (C=O) groups is 2. The number of amides is 2. The second-order valence-corrected chi connectivity index (χ2v) is 5.83. The lowest BCUT2D eigenvalue weighted by Crippen LogP contribution is -2.43. The van der Waals surface area contributed by atoms with Crippen LogP contribution < -0.4 is 11.1 Å². The Morgan fingerprint density at radius 1 is 1.20 bits per heavy atom. The van der Waals surface area contributed by atoms with Crippen molar-refractivity contribution in [2.45, 2.75) is 25.5 Å². The number of nitrogen functional groups attached to an aromatic ring is 1. The highest BCUT2D eigenvalue weighted by Gasteiger charge is 2.35. The van der Waals surface area contributed by atoms with Gasteiger partial charge in [0.1, 0.15) is 24.3 Å². The third kappa shape index (κ3) is 4.26. The monoisotopic (exact) mass is 340 g/mol. The third-order valence-corrected chi connectivity index (χ3v) is 4.02. The Labute approximate surface area is 145 Å². The molecule has 130 valence electrons. The third-order valence-electron chi connectivity index (χ3n) is 4.02. The van der Waals surface area contributed by atoms with E-state index in [1.165, 1.54) is 4.90 Å². The Balaban J connectivity index is 1.59. The molecule has 1 aromatic heterocycles. The first-order valence-electron chi connectivity index (χ1n) is 8.14. The molecule has 0 spiro atoms. The Hall–Kier alpha value is -3.09. The van der Waals surface area contributed by atoms with Crippen molar-refractivity contribution in [3.63, 3.8) is 0 Å². The number of ether oxygens (including phenoxy) is 1. The molecule has 2 aromatic rings. The van der Waals surface area contributed by atoms with Gasteiger partial charge < -0.3 is 15.8 Å². The maximum absolute atomic E-state index is 12.5. The van der Waals surface area contributed by atoms with Crippen LogP contribution in [0.2, 0.25) is 0 Å². The number of pyridine rings is 1. The zero-order valence-corrected chi connectivity index (χ0v) is 13.7. The molecule has 1 atom stereocenters. The van der Waals surface area contributed by atoms with E-state index in [2.05, 4.69) is 10.3 Å². The van der Waals surface area contributed by atoms with E-state index in [1.807, 2.05) is 30.3 Å². The Kier molecular flexibility index (Phi) is 5.13. The van der Waals surface area contributed by atoms with Gasteiger partial charge in [0.05, 0.1) is 0 Å². The van der Waals surface area contributed by atoms with E-state index in [1.54, 1.807) is 18.2 Å². The quantitative estimate of drug-likeness (QED) is 0.891. The molecule has 25 heavy (non-hydrogen) atoms. The van der Waals surface area contributed by atoms with E-state index in [0.29, 0.717) is 24.6 Å². The van der Waals surface area contributed by atoms with E-state index < -0.39 is 12.1 Å². The van der Waals surface area contributed by atoms with Gasteiger partial charge in [-0.15, -0.1) is 0 Å². The van der Waals surface area contributed by atoms with Crippen molar-refractivity contribution >= 4 is 23.6 Å². The maximum Gasteiger partial charge on any atom is 0.410 e. The van der Waals surface area contributed by atoms with Gasteiger partial charge in [0.2, 0.25) is 5.91 Å². The average Bonchev–Trinajstić information content (AvgIpc) is 3.10. The molecule has 0 unspecified atom stereocenters. The zero-order chi connectivity index (χ0) is 17.6. The van der Waals surface area contributed by atoms with Crippen LogP contribution in [0.25, 0.3) is 0 Å². The van der Waals surface area contributed by atoms with Crippen molar-refractivity contribution in [1.82, 2.24) is 9.88 Å². The standard InChI is InChI=1S/C18H20N4O3/c19-15-9-4-10-16(20-15)21-17(23)14-8-5-11-22(14)18(24)25-12-13-6-2-1-3-7-13/h1-4,6-7,9-10,14H,5,8,11-12H2,(H3,19,20,21,23)/t14-/m0/s1. The first-order chi connectivity index (χ1) is 12.1. The van der Waals surface area contributed by atoms with E-state index in [-0.39, 0.29) is 12.5 Å². The number of aromatic nitrogens is 1. The molecule has 0 radical (unpaired) electrons. The molecule has 3 rings (SSSR count). The fraction of sp³-hybridized carbons (Fsp3) is 0.278. The van der Waals surface area contributed by atoms with Gasteiger partial charge in [-0.05, 0) is 30.5 Å². The lowest BCUT2D eigenvalue weighted by Gasteiger charge is -2.23. The van der Waals surface area contributed by atoms with Gasteiger partial charge in [-0.25, -0.2) is 9.78 Å². The number of benzene rings is 1. The predicted octanol–water partition coefficient (Wildman–Crippen LogP) is 2.40. The summed E-state index contributed by atoms with van der Waals surface area (Å²) in [6.07, 6.45) is 0.860. The number of rotatable bonds is 4. The molecule has 1 aromatic carbocycles. The number of likely N-dealkylation sites (tertiary alicyclic amines) is 1. The minimum absolute atomic E-state index is 0.182. The van der Waals surface area contributed by atoms with Crippen molar-refractivity contribution < 1.29 is 14.3 Å². The maximum atomic E-state index is 12.5. The van der Waals surface area contributed by atoms with Gasteiger partial charge in [-0.2, -0.15) is 0 Å². The van der Waals surface area contributed by atoms with Crippen LogP contribution in [0.3, 0.4) is 0 Å². The van der Waals surface area contributed by atoms with Crippen molar-refractivity contribution in [3.8, 4) is 0 Å². The predicted molar refractivity (Wildman–Crippen MR) is 93.6 cm³/mol. The van der Waals surface area contributed by atoms with Gasteiger partial charge in [-0.3, -0.25) is 9.69 Å². The lowest BCUT2D eigenvalue weighted by atomic mass is 10.2. The molecule has 2 heterocycles. The summed E-state index contributed by atoms with van der Waals surface area (Å²) in [5.41, 5.74) is 6.51. The van der Waals surface area contributed by atoms with Crippen LogP contribution in [-0.2, 0) is 16.1 Å². The molecule has 0 bridgehead atoms. The van der Waals surface area contributed by atoms with Gasteiger partial charge in [0.15, 0.2) is 0 Å². The lowest BCUT2D eigenvalue weighted by molar-refractivity contribution is -0.120. The number of nitrogens with one attached hydrogen (secondary N) is 1. The van der Waals surface area contributed by atoms with Gasteiger partial charge in [-0.1, -0.05) is 36.4 Å². The molecular formula is C18H20N4O3. The fourth-order valence-electron chi connectivity index (χ4n) is 2.79. The minimum Gasteiger partial charge on any atom is -0.445 e. The SMILES string of the molecule is Nc1cccc(NC(=O)[C@@H]2CCCN2C(=O)OCc2ccccc2)n1. The van der Waals surface area contributed by atoms with Crippen LogP contribution in [0.5, 0.6) is 0 Å². The van der Waals surface area contributed by atoms with Crippen molar-refractivity contribution in [2.75, 3.05) is 17.6 Å². The van der Waals surface area contributed by atoms with Crippen molar-refractivity contribution in [2.24, 2.45) is 0 Å². The van der Waals surface area contributed by atoms with E-state index >= 15 is 0 Å². The molecule has 7 nitrogen and oxygen atoms in total. The normalized spacial score (nSPS) is 16.5. The van der Waals surface area contributed by atoms with Crippen LogP contribution >= 0.6 is 0 Å². The summed E-state index contributed by atoms with van der Waals surface area (Å²) >= 11 is 0. The summed E-state index contributed by atoms with van der Waals surface area (Å²) in [7, 11) is 0. The summed E-state index contributed by atoms with van der Waals surface area (Å²) in [6, 6.07) is 13.9. The van der Waals surface area contributed by atoms with Gasteiger partial charge in [0, 0.05) is 6.54 Å². The highest BCUT2D eigenvalue weighted by Crippen LogP contribution is 2.20. The van der Waals surface area contributed by atoms with Crippen molar-refractivity contribution in [1.29, 1.82) is 0 Å². The largest absolute Gasteiger partial charge is 0.445 e. The Bertz CT molecular complexity index is 751. The summed E-state index contributed by atoms with van der Waals surface area (Å²) in [4.78, 5) is 30.3. The number of nitrogens with two attached hydrogens (primary N) is 1. The number of hydrogen-bond acceptors (Lipinski definition) is 5. The molecule has 3 N–H and O–H groups in total. The number of anilines is 2. The van der Waals surface area contributed by atoms with Gasteiger partial charge in [0.25, 0.3) is 0 Å². The molecule has 1 aliphatic rings. The van der Waals surface area contributed by atoms with Crippen molar-refractivity contribution in [3.05, 3.63) is 54.1 Å². The fourth-order valence-corrected chi connectivity index (χ4v) is 2.79. The second-order valence-electron chi connectivity index (χ2n) is 5.83. The van der Waals surface area contributed by atoms with Gasteiger partial charge >= 0.3 is 6.09 Å². The minimum atomic E-state index is -0.563. The number of hydrogen-bond donors (Lipinski definition) is 2. The topological polar surface area (TPSA) is 97.6 Å². The molecule has 7 heteroatoms. The van der Waals surface area contributed by atoms with E-state index in [0.717, 1.165) is 12.0 Å². The van der Waals surface area contributed by atoms with Crippen LogP contribution in [0, 0.1) is 0 Å². The number of nitrogens with zero attached hydrogens (tertiary/aromatic N) is 2. The summed E-state index contributed by atoms with van der Waals surface area (Å²) in [6.45, 7) is 0.678.